The third-order valence-electron chi connectivity index (χ3n) is 6.10. The number of hydroxylamine groups is 1. The number of nitrogens with one attached hydrogen (secondary N) is 3. The summed E-state index contributed by atoms with van der Waals surface area (Å²) in [6, 6.07) is 8.56. The van der Waals surface area contributed by atoms with Crippen LogP contribution >= 0.6 is 11.8 Å². The number of anilines is 2. The number of hydrogen-bond donors (Lipinski definition) is 4. The van der Waals surface area contributed by atoms with Crippen molar-refractivity contribution in [2.24, 2.45) is 5.92 Å². The Morgan fingerprint density at radius 3 is 2.84 bits per heavy atom. The van der Waals surface area contributed by atoms with Gasteiger partial charge in [-0.3, -0.25) is 0 Å². The van der Waals surface area contributed by atoms with Gasteiger partial charge < -0.3 is 20.6 Å². The van der Waals surface area contributed by atoms with Gasteiger partial charge in [0, 0.05) is 18.7 Å². The number of nitrogens with zero attached hydrogens (tertiary/aromatic N) is 2. The minimum absolute atomic E-state index is 0.201. The van der Waals surface area contributed by atoms with E-state index in [4.69, 9.17) is 14.7 Å². The highest BCUT2D eigenvalue weighted by Gasteiger charge is 2.38. The maximum atomic E-state index is 9.51. The second kappa shape index (κ2) is 9.73. The van der Waals surface area contributed by atoms with Crippen LogP contribution in [0, 0.1) is 5.92 Å². The predicted molar refractivity (Wildman–Crippen MR) is 125 cm³/mol. The molecule has 0 amide bonds. The first-order valence-electron chi connectivity index (χ1n) is 11.2. The molecule has 3 heterocycles. The van der Waals surface area contributed by atoms with Crippen LogP contribution in [0.5, 0.6) is 0 Å². The molecule has 0 aliphatic carbocycles. The molecule has 4 N–H and O–H groups in total. The number of thioether (sulfide) groups is 1. The van der Waals surface area contributed by atoms with Gasteiger partial charge in [-0.2, -0.15) is 10.5 Å². The van der Waals surface area contributed by atoms with E-state index in [1.165, 1.54) is 11.1 Å². The zero-order chi connectivity index (χ0) is 21.8. The first-order valence-corrected chi connectivity index (χ1v) is 12.2. The van der Waals surface area contributed by atoms with E-state index in [2.05, 4.69) is 47.3 Å². The summed E-state index contributed by atoms with van der Waals surface area (Å²) in [6.45, 7) is 7.70. The lowest BCUT2D eigenvalue weighted by Crippen LogP contribution is -2.39. The summed E-state index contributed by atoms with van der Waals surface area (Å²) in [5.41, 5.74) is 5.79. The zero-order valence-corrected chi connectivity index (χ0v) is 19.4. The molecular weight excluding hydrogens is 410 g/mol. The van der Waals surface area contributed by atoms with Gasteiger partial charge in [0.25, 0.3) is 0 Å². The highest BCUT2D eigenvalue weighted by atomic mass is 32.2. The van der Waals surface area contributed by atoms with Gasteiger partial charge in [0.2, 0.25) is 5.95 Å². The number of ether oxygens (including phenoxy) is 1. The van der Waals surface area contributed by atoms with Gasteiger partial charge in [0.15, 0.2) is 0 Å². The van der Waals surface area contributed by atoms with Crippen molar-refractivity contribution in [2.75, 3.05) is 22.9 Å². The number of rotatable bonds is 10. The highest BCUT2D eigenvalue weighted by molar-refractivity contribution is 7.99. The predicted octanol–water partition coefficient (Wildman–Crippen LogP) is 4.53. The van der Waals surface area contributed by atoms with Crippen LogP contribution in [-0.4, -0.2) is 33.6 Å². The van der Waals surface area contributed by atoms with Crippen LogP contribution < -0.4 is 16.1 Å². The minimum atomic E-state index is -0.274. The molecule has 2 aliphatic rings. The molecule has 31 heavy (non-hydrogen) atoms. The van der Waals surface area contributed by atoms with Gasteiger partial charge in [-0.1, -0.05) is 51.5 Å². The van der Waals surface area contributed by atoms with Gasteiger partial charge in [-0.05, 0) is 29.9 Å². The number of benzene rings is 1. The van der Waals surface area contributed by atoms with Crippen LogP contribution in [0.4, 0.5) is 11.8 Å². The van der Waals surface area contributed by atoms with Crippen molar-refractivity contribution in [1.82, 2.24) is 15.4 Å². The molecule has 8 heteroatoms. The Balaban J connectivity index is 1.49. The fraction of sp³-hybridized carbons (Fsp3) is 0.565. The monoisotopic (exact) mass is 443 g/mol. The first kappa shape index (κ1) is 22.3. The summed E-state index contributed by atoms with van der Waals surface area (Å²) in [4.78, 5) is 10.6. The Morgan fingerprint density at radius 2 is 2.06 bits per heavy atom. The molecule has 2 unspecified atom stereocenters. The molecule has 2 aromatic rings. The Morgan fingerprint density at radius 1 is 1.23 bits per heavy atom. The third-order valence-corrected chi connectivity index (χ3v) is 7.22. The number of aryl methyl sites for hydroxylation is 1. The summed E-state index contributed by atoms with van der Waals surface area (Å²) in [5, 5.41) is 16.3. The SMILES string of the molecule is CCCC1(CCNc2nc3c(c(NC(NO)C(C)C)n2)SCC3)OCc2ccccc21. The van der Waals surface area contributed by atoms with Gasteiger partial charge in [-0.25, -0.2) is 4.98 Å². The van der Waals surface area contributed by atoms with Gasteiger partial charge >= 0.3 is 0 Å². The highest BCUT2D eigenvalue weighted by Crippen LogP contribution is 2.42. The lowest BCUT2D eigenvalue weighted by molar-refractivity contribution is -0.0488. The van der Waals surface area contributed by atoms with E-state index >= 15 is 0 Å². The van der Waals surface area contributed by atoms with Gasteiger partial charge in [-0.15, -0.1) is 11.8 Å². The van der Waals surface area contributed by atoms with E-state index in [0.717, 1.165) is 54.4 Å². The summed E-state index contributed by atoms with van der Waals surface area (Å²) >= 11 is 1.77. The average molecular weight is 444 g/mol. The molecule has 0 radical (unpaired) electrons. The number of fused-ring (bicyclic) bond motifs is 2. The molecule has 4 rings (SSSR count). The second-order valence-corrected chi connectivity index (χ2v) is 9.74. The molecule has 7 nitrogen and oxygen atoms in total. The van der Waals surface area contributed by atoms with E-state index in [-0.39, 0.29) is 17.7 Å². The van der Waals surface area contributed by atoms with Crippen molar-refractivity contribution < 1.29 is 9.94 Å². The van der Waals surface area contributed by atoms with Crippen LogP contribution in [0.3, 0.4) is 0 Å². The van der Waals surface area contributed by atoms with Crippen molar-refractivity contribution in [1.29, 1.82) is 0 Å². The molecule has 1 aromatic carbocycles. The molecule has 0 saturated carbocycles. The maximum absolute atomic E-state index is 9.51. The topological polar surface area (TPSA) is 91.3 Å². The molecule has 2 atom stereocenters. The molecule has 168 valence electrons. The number of aromatic nitrogens is 2. The van der Waals surface area contributed by atoms with E-state index in [0.29, 0.717) is 12.6 Å². The average Bonchev–Trinajstić information content (AvgIpc) is 3.38. The van der Waals surface area contributed by atoms with Crippen LogP contribution in [0.15, 0.2) is 29.2 Å². The lowest BCUT2D eigenvalue weighted by Gasteiger charge is -2.29. The molecule has 0 bridgehead atoms. The fourth-order valence-corrected chi connectivity index (χ4v) is 5.50. The van der Waals surface area contributed by atoms with E-state index in [9.17, 15) is 5.21 Å². The van der Waals surface area contributed by atoms with Crippen molar-refractivity contribution in [3.05, 3.63) is 41.1 Å². The molecule has 0 spiro atoms. The van der Waals surface area contributed by atoms with Crippen molar-refractivity contribution >= 4 is 23.5 Å². The lowest BCUT2D eigenvalue weighted by atomic mass is 9.85. The largest absolute Gasteiger partial charge is 0.366 e. The standard InChI is InChI=1S/C23H33N5O2S/c1-4-10-23(17-8-6-5-7-16(17)14-30-23)11-12-24-22-25-18-9-13-31-19(18)21(27-22)26-20(28-29)15(2)3/h5-8,15,20,28-29H,4,9-14H2,1-3H3,(H2,24,25,26,27). The van der Waals surface area contributed by atoms with Crippen LogP contribution in [-0.2, 0) is 23.4 Å². The fourth-order valence-electron chi connectivity index (χ4n) is 4.44. The summed E-state index contributed by atoms with van der Waals surface area (Å²) in [5.74, 6) is 2.61. The van der Waals surface area contributed by atoms with E-state index in [1.54, 1.807) is 11.8 Å². The summed E-state index contributed by atoms with van der Waals surface area (Å²) in [6.07, 6.45) is 3.59. The minimum Gasteiger partial charge on any atom is -0.366 e. The van der Waals surface area contributed by atoms with Gasteiger partial charge in [0.1, 0.15) is 12.0 Å². The van der Waals surface area contributed by atoms with Crippen molar-refractivity contribution in [2.45, 2.75) is 69.7 Å². The third kappa shape index (κ3) is 4.67. The van der Waals surface area contributed by atoms with E-state index in [1.807, 2.05) is 13.8 Å². The molecule has 1 aromatic heterocycles. The molecular formula is C23H33N5O2S. The normalized spacial score (nSPS) is 20.5. The number of hydrogen-bond acceptors (Lipinski definition) is 8. The first-order chi connectivity index (χ1) is 15.1. The maximum Gasteiger partial charge on any atom is 0.224 e. The Labute approximate surface area is 188 Å². The van der Waals surface area contributed by atoms with Gasteiger partial charge in [0.05, 0.1) is 22.8 Å². The Hall–Kier alpha value is -1.87. The van der Waals surface area contributed by atoms with Crippen LogP contribution in [0.1, 0.15) is 56.9 Å². The van der Waals surface area contributed by atoms with Crippen LogP contribution in [0.25, 0.3) is 0 Å². The molecule has 0 fully saturated rings. The van der Waals surface area contributed by atoms with Crippen LogP contribution in [0.2, 0.25) is 0 Å². The smallest absolute Gasteiger partial charge is 0.224 e. The summed E-state index contributed by atoms with van der Waals surface area (Å²) < 4.78 is 6.35. The van der Waals surface area contributed by atoms with E-state index < -0.39 is 0 Å². The quantitative estimate of drug-likeness (QED) is 0.315. The molecule has 0 saturated heterocycles. The second-order valence-electron chi connectivity index (χ2n) is 8.63. The Bertz CT molecular complexity index is 906. The zero-order valence-electron chi connectivity index (χ0n) is 18.6. The van der Waals surface area contributed by atoms with Crippen molar-refractivity contribution in [3.63, 3.8) is 0 Å². The summed E-state index contributed by atoms with van der Waals surface area (Å²) in [7, 11) is 0. The Kier molecular flexibility index (Phi) is 7.01. The van der Waals surface area contributed by atoms with Crippen molar-refractivity contribution in [3.8, 4) is 0 Å². The molecule has 2 aliphatic heterocycles.